The number of fused-ring (bicyclic) bond motifs is 1. The Bertz CT molecular complexity index is 4560. The van der Waals surface area contributed by atoms with Crippen molar-refractivity contribution in [3.8, 4) is 0 Å². The molecule has 4 aromatic rings. The predicted molar refractivity (Wildman–Crippen MR) is 553 cm³/mol. The van der Waals surface area contributed by atoms with Gasteiger partial charge < -0.3 is 66.8 Å². The van der Waals surface area contributed by atoms with Crippen LogP contribution in [0.1, 0.15) is 291 Å². The number of nitrogen functional groups attached to an aromatic ring is 1. The maximum absolute atomic E-state index is 13.1. The first kappa shape index (κ1) is 130. The highest BCUT2D eigenvalue weighted by atomic mass is 35.5. The maximum atomic E-state index is 13.1. The Hall–Kier alpha value is -8.27. The molecule has 43 heteroatoms. The normalized spacial score (nSPS) is 24.4. The highest BCUT2D eigenvalue weighted by Crippen LogP contribution is 2.41. The van der Waals surface area contributed by atoms with E-state index in [0.29, 0.717) is 71.2 Å². The molecule has 3 amide bonds. The number of ether oxygens (including phenoxy) is 1. The number of benzene rings is 4. The van der Waals surface area contributed by atoms with Crippen molar-refractivity contribution in [3.63, 3.8) is 0 Å². The summed E-state index contributed by atoms with van der Waals surface area (Å²) in [6.07, 6.45) is 27.6. The summed E-state index contributed by atoms with van der Waals surface area (Å²) in [5.41, 5.74) is 3.52. The Kier molecular flexibility index (Phi) is 57.5. The number of aliphatic carboxylic acids is 3. The fraction of sp³-hybridized carbons (Fsp3) is 0.714. The van der Waals surface area contributed by atoms with Gasteiger partial charge in [-0.05, 0) is 299 Å². The summed E-state index contributed by atoms with van der Waals surface area (Å²) in [6, 6.07) is 16.3. The number of nitrogens with zero attached hydrogens (tertiary/aromatic N) is 9. The van der Waals surface area contributed by atoms with Gasteiger partial charge in [-0.1, -0.05) is 115 Å². The summed E-state index contributed by atoms with van der Waals surface area (Å²) in [7, 11) is 7.69. The topological polar surface area (TPSA) is 385 Å². The smallest absolute Gasteiger partial charge is 0.416 e. The van der Waals surface area contributed by atoms with Crippen molar-refractivity contribution in [2.75, 3.05) is 124 Å². The molecule has 6 aliphatic carbocycles. The first-order chi connectivity index (χ1) is 68.9. The number of carbonyl (C=O) groups excluding carboxylic acids is 3. The fourth-order valence-electron chi connectivity index (χ4n) is 22.2. The summed E-state index contributed by atoms with van der Waals surface area (Å²) in [4.78, 5) is 96.7. The number of hydrazine groups is 1. The first-order valence-electron chi connectivity index (χ1n) is 52.2. The Morgan fingerprint density at radius 2 is 0.777 bits per heavy atom. The lowest BCUT2D eigenvalue weighted by Crippen LogP contribution is -2.53. The van der Waals surface area contributed by atoms with Crippen molar-refractivity contribution in [1.29, 1.82) is 0 Å². The molecule has 13 aliphatic rings. The summed E-state index contributed by atoms with van der Waals surface area (Å²) in [6.45, 7) is 15.6. The van der Waals surface area contributed by atoms with Gasteiger partial charge in [-0.25, -0.2) is 5.84 Å². The van der Waals surface area contributed by atoms with Gasteiger partial charge in [0.15, 0.2) is 0 Å². The van der Waals surface area contributed by atoms with E-state index in [1.807, 2.05) is 19.0 Å². The number of likely N-dealkylation sites (tertiary alicyclic amines) is 5. The number of anilines is 2. The molecule has 7 aliphatic heterocycles. The summed E-state index contributed by atoms with van der Waals surface area (Å²) in [5, 5.41) is 62.4. The lowest BCUT2D eigenvalue weighted by atomic mass is 9.88. The van der Waals surface area contributed by atoms with Crippen molar-refractivity contribution < 1.29 is 118 Å². The van der Waals surface area contributed by atoms with Crippen molar-refractivity contribution in [2.45, 2.75) is 369 Å². The number of epoxide rings is 1. The highest BCUT2D eigenvalue weighted by molar-refractivity contribution is 5.85. The van der Waals surface area contributed by atoms with Crippen LogP contribution < -0.4 is 33.1 Å². The minimum Gasteiger partial charge on any atom is -0.481 e. The van der Waals surface area contributed by atoms with E-state index in [2.05, 4.69) is 53.3 Å². The molecule has 0 aromatic heterocycles. The van der Waals surface area contributed by atoms with Crippen LogP contribution in [0.15, 0.2) is 78.9 Å². The van der Waals surface area contributed by atoms with E-state index < -0.39 is 88.4 Å². The van der Waals surface area contributed by atoms with Crippen LogP contribution in [0.4, 0.5) is 69.7 Å². The molecule has 29 nitrogen and oxygen atoms in total. The minimum absolute atomic E-state index is 0. The number of halogens is 13. The molecule has 13 fully saturated rings. The number of carboxylic acids is 3. The zero-order valence-corrected chi connectivity index (χ0v) is 86.8. The van der Waals surface area contributed by atoms with Crippen LogP contribution in [-0.2, 0) is 83.9 Å². The number of likely N-dealkylation sites (N-methyl/N-ethyl adjacent to an activating group) is 4. The van der Waals surface area contributed by atoms with Crippen LogP contribution in [0.3, 0.4) is 0 Å². The van der Waals surface area contributed by atoms with E-state index in [4.69, 9.17) is 31.0 Å². The number of hydrogen-bond acceptors (Lipinski definition) is 22. The molecule has 0 bridgehead atoms. The van der Waals surface area contributed by atoms with E-state index in [9.17, 15) is 96.7 Å². The van der Waals surface area contributed by atoms with E-state index in [0.717, 1.165) is 144 Å². The largest absolute Gasteiger partial charge is 0.481 e. The molecular weight excluding hydrogens is 1970 g/mol. The standard InChI is InChI=1S/C22H30F3N3O3.C20H28F3N3O.C13H24N2O.C11H22N2.C10H19NO.C9H6F3NO4.C9H7F3O2.C6H10O.C4H9N.CH4.B.ClH.H4N2O.H2/c1-27(18-6-2-3-7-19(18)28-10-4-5-11-28)20(29)12-15-8-9-16(22(23,24)25)13-17(15)26-14-21(30)31;1-25(17-6-2-3-7-18(17)26-10-4-5-11-26)19(27)12-14-8-9-15(13-16(14)24)20(21,22)23;1-11(16)14(2)12-7-3-4-8-13(12)15-9-5-6-10-15;1-12-10-6-2-3-7-11(10)13-8-4-5-9-13;12-10-6-2-1-5-9(10)11-7-3-4-8-11;10-9(11,12)6-2-1-5(3-8(14)15)7(4-6)13(16)17;10-9(11,12)7-3-1-6(2-4-7)5-8(13)14;1-2-4-6-5(3-1)7-6;1-2-4-5-3-1;;;;1-2-3;/h8-9,13,18-19,26H,2-7,10-12,14H2,1H3,(H,30,31);8-9,13,17-18H,2-7,10-12,24H2,1H3;12-13H,3-10H2,1-2H3;10-12H,2-9H2,1H3;9-10,12H,1-8H2;1-2,4H,3H2,(H,14,15);1-4H,5H2,(H,13,14);5-6H,1-4H2;5H,1-4H2;1H4;;1H;2-3H,1H2;1H/t18-,19-;17-,18-;12-,13-;10-,11-;9-,10-;;;;;;;;;/m00000........./s1/i;;;;;;;;;;;;;1+1. The average molecular weight is 2140 g/mol. The third-order valence-electron chi connectivity index (χ3n) is 30.2. The van der Waals surface area contributed by atoms with Crippen LogP contribution in [-0.4, -0.2) is 300 Å². The molecule has 13 N–H and O–H groups in total. The van der Waals surface area contributed by atoms with Gasteiger partial charge in [0.05, 0.1) is 71.2 Å². The summed E-state index contributed by atoms with van der Waals surface area (Å²) < 4.78 is 156. The van der Waals surface area contributed by atoms with Gasteiger partial charge in [0.25, 0.3) is 5.69 Å². The molecule has 148 heavy (non-hydrogen) atoms. The second kappa shape index (κ2) is 65.3. The maximum Gasteiger partial charge on any atom is 0.416 e. The number of rotatable bonds is 21. The van der Waals surface area contributed by atoms with Crippen molar-refractivity contribution >= 4 is 73.5 Å². The van der Waals surface area contributed by atoms with E-state index >= 15 is 0 Å². The molecule has 6 saturated carbocycles. The van der Waals surface area contributed by atoms with Gasteiger partial charge in [-0.3, -0.25) is 63.4 Å². The molecule has 839 valence electrons. The number of alkyl halides is 12. The number of nitrogens with two attached hydrogens (primary N) is 2. The number of carboxylic acid groups (broad SMARTS) is 3. The molecule has 17 rings (SSSR count). The SMILES string of the molecule is C.C1CCC2OC2C1.C1CCNC1.CC(=O)N(C)[C@H]1CCCC[C@@H]1N1CCCC1.CN(C(=O)Cc1ccc(C(F)(F)F)cc1N)[C@H]1CCCC[C@@H]1N1CCCC1.CN(C(=O)Cc1ccc(C(F)(F)F)cc1NCC(=O)O)[C@H]1CCCC[C@@H]1N1CCCC1.CN[C@H]1CCCC[C@@H]1N1CCCC1.Cl.NNO.O=C(O)Cc1ccc(C(F)(F)F)cc1.O=C(O)Cc1ccc(C(F)(F)F)cc1[N+](=O)[O-].O[C@H]1CCCC[C@@H]1N1CCCC1.[2HH].[B]. The third kappa shape index (κ3) is 43.3. The number of hydrogen-bond donors (Lipinski definition) is 11. The molecular formula is C105H166BClF12N15O14. The predicted octanol–water partition coefficient (Wildman–Crippen LogP) is 18.2. The summed E-state index contributed by atoms with van der Waals surface area (Å²) >= 11 is 0. The zero-order valence-electron chi connectivity index (χ0n) is 86.0. The lowest BCUT2D eigenvalue weighted by Gasteiger charge is -2.42. The molecule has 3 radical (unpaired) electrons. The van der Waals surface area contributed by atoms with Gasteiger partial charge in [0.2, 0.25) is 17.7 Å². The van der Waals surface area contributed by atoms with Gasteiger partial charge in [0.1, 0.15) is 6.54 Å². The Balaban J connectivity index is 0.000000359. The van der Waals surface area contributed by atoms with Gasteiger partial charge >= 0.3 is 42.6 Å². The zero-order chi connectivity index (χ0) is 106. The van der Waals surface area contributed by atoms with Crippen molar-refractivity contribution in [1.82, 2.24) is 55.4 Å². The molecule has 2 unspecified atom stereocenters. The number of nitro groups is 1. The highest BCUT2D eigenvalue weighted by Gasteiger charge is 2.44. The molecule has 0 spiro atoms. The van der Waals surface area contributed by atoms with E-state index in [1.165, 1.54) is 250 Å². The quantitative estimate of drug-likeness (QED) is 0.00702. The second-order valence-electron chi connectivity index (χ2n) is 40.2. The van der Waals surface area contributed by atoms with Gasteiger partial charge in [-0.2, -0.15) is 52.7 Å². The minimum atomic E-state index is -4.70. The Morgan fingerprint density at radius 1 is 0.446 bits per heavy atom. The van der Waals surface area contributed by atoms with Gasteiger partial charge in [0, 0.05) is 115 Å². The average Bonchev–Trinajstić information content (AvgIpc) is 1.80. The molecule has 4 aromatic carbocycles. The van der Waals surface area contributed by atoms with E-state index in [-0.39, 0.29) is 102 Å². The number of nitrogens with one attached hydrogen (secondary N) is 4. The van der Waals surface area contributed by atoms with Gasteiger partial charge in [-0.15, -0.1) is 18.0 Å². The van der Waals surface area contributed by atoms with Crippen LogP contribution in [0.25, 0.3) is 0 Å². The number of carbonyl (C=O) groups is 6. The van der Waals surface area contributed by atoms with Crippen LogP contribution in [0, 0.1) is 10.1 Å². The Morgan fingerprint density at radius 3 is 1.14 bits per heavy atom. The number of nitro benzene ring substituents is 1. The summed E-state index contributed by atoms with van der Waals surface area (Å²) in [5.74, 6) is 0.503. The van der Waals surface area contributed by atoms with Crippen LogP contribution in [0.5, 0.6) is 0 Å². The van der Waals surface area contributed by atoms with E-state index in [1.54, 1.807) is 23.8 Å². The second-order valence-corrected chi connectivity index (χ2v) is 40.2. The van der Waals surface area contributed by atoms with Crippen LogP contribution in [0.2, 0.25) is 0 Å². The van der Waals surface area contributed by atoms with Crippen molar-refractivity contribution in [3.05, 3.63) is 133 Å². The monoisotopic (exact) mass is 2140 g/mol. The van der Waals surface area contributed by atoms with Crippen LogP contribution >= 0.6 is 12.4 Å². The lowest BCUT2D eigenvalue weighted by molar-refractivity contribution is -0.385. The third-order valence-corrected chi connectivity index (χ3v) is 30.2. The number of aliphatic hydroxyl groups excluding tert-OH is 1. The molecule has 12 atom stereocenters. The molecule has 7 heterocycles. The molecule has 7 saturated heterocycles. The Labute approximate surface area is 875 Å². The first-order valence-corrected chi connectivity index (χ1v) is 52.2. The van der Waals surface area contributed by atoms with Crippen molar-refractivity contribution in [2.24, 2.45) is 5.84 Å². The number of aliphatic hydroxyl groups is 1. The fourth-order valence-corrected chi connectivity index (χ4v) is 22.2. The number of amides is 3.